The van der Waals surface area contributed by atoms with Crippen LogP contribution >= 0.6 is 11.8 Å². The normalized spacial score (nSPS) is 27.2. The second-order valence-electron chi connectivity index (χ2n) is 4.22. The topological polar surface area (TPSA) is 24.5 Å². The first-order valence-corrected chi connectivity index (χ1v) is 6.64. The molecule has 0 aromatic carbocycles. The molecular formula is C10H20N2OS. The van der Waals surface area contributed by atoms with Gasteiger partial charge in [0.25, 0.3) is 0 Å². The number of nitrogens with zero attached hydrogens (tertiary/aromatic N) is 1. The van der Waals surface area contributed by atoms with Crippen LogP contribution in [0.2, 0.25) is 0 Å². The van der Waals surface area contributed by atoms with Crippen LogP contribution in [0.4, 0.5) is 0 Å². The Bertz CT molecular complexity index is 170. The van der Waals surface area contributed by atoms with Gasteiger partial charge in [-0.1, -0.05) is 0 Å². The van der Waals surface area contributed by atoms with Crippen LogP contribution in [-0.2, 0) is 4.74 Å². The highest BCUT2D eigenvalue weighted by molar-refractivity contribution is 8.00. The molecule has 1 unspecified atom stereocenters. The zero-order chi connectivity index (χ0) is 9.80. The first-order valence-electron chi connectivity index (χ1n) is 5.48. The van der Waals surface area contributed by atoms with Crippen molar-refractivity contribution in [1.29, 1.82) is 0 Å². The van der Waals surface area contributed by atoms with E-state index in [2.05, 4.69) is 17.1 Å². The fourth-order valence-corrected chi connectivity index (χ4v) is 2.62. The van der Waals surface area contributed by atoms with Crippen LogP contribution in [-0.4, -0.2) is 61.3 Å². The van der Waals surface area contributed by atoms with Crippen molar-refractivity contribution in [3.8, 4) is 0 Å². The van der Waals surface area contributed by atoms with Crippen LogP contribution in [0.1, 0.15) is 6.92 Å². The maximum absolute atomic E-state index is 5.33. The van der Waals surface area contributed by atoms with Crippen molar-refractivity contribution in [3.63, 3.8) is 0 Å². The van der Waals surface area contributed by atoms with E-state index in [0.717, 1.165) is 32.3 Å². The molecule has 14 heavy (non-hydrogen) atoms. The molecule has 0 aliphatic carbocycles. The predicted octanol–water partition coefficient (Wildman–Crippen LogP) is 0.412. The minimum Gasteiger partial charge on any atom is -0.379 e. The summed E-state index contributed by atoms with van der Waals surface area (Å²) in [5, 5.41) is 3.66. The van der Waals surface area contributed by atoms with Gasteiger partial charge in [-0.25, -0.2) is 0 Å². The van der Waals surface area contributed by atoms with E-state index in [-0.39, 0.29) is 0 Å². The molecule has 0 bridgehead atoms. The summed E-state index contributed by atoms with van der Waals surface area (Å²) in [5.74, 6) is 2.60. The van der Waals surface area contributed by atoms with Crippen molar-refractivity contribution < 1.29 is 4.74 Å². The Morgan fingerprint density at radius 2 is 2.14 bits per heavy atom. The third kappa shape index (κ3) is 3.12. The molecule has 4 heteroatoms. The quantitative estimate of drug-likeness (QED) is 0.736. The highest BCUT2D eigenvalue weighted by Gasteiger charge is 2.21. The van der Waals surface area contributed by atoms with Gasteiger partial charge >= 0.3 is 0 Å². The van der Waals surface area contributed by atoms with Gasteiger partial charge in [0, 0.05) is 43.2 Å². The molecule has 0 spiro atoms. The lowest BCUT2D eigenvalue weighted by molar-refractivity contribution is 0.0340. The van der Waals surface area contributed by atoms with E-state index in [1.165, 1.54) is 18.1 Å². The summed E-state index contributed by atoms with van der Waals surface area (Å²) in [6.07, 6.45) is 0. The number of ether oxygens (including phenoxy) is 1. The molecule has 2 rings (SSSR count). The van der Waals surface area contributed by atoms with E-state index in [4.69, 9.17) is 4.74 Å². The number of rotatable bonds is 4. The SMILES string of the molecule is CC(CN1CCOCC1)NC1CSC1. The molecule has 2 fully saturated rings. The van der Waals surface area contributed by atoms with Crippen LogP contribution < -0.4 is 5.32 Å². The molecule has 3 nitrogen and oxygen atoms in total. The van der Waals surface area contributed by atoms with Gasteiger partial charge in [0.1, 0.15) is 0 Å². The third-order valence-electron chi connectivity index (χ3n) is 2.79. The van der Waals surface area contributed by atoms with Crippen LogP contribution in [0.5, 0.6) is 0 Å². The van der Waals surface area contributed by atoms with Crippen LogP contribution in [0.3, 0.4) is 0 Å². The summed E-state index contributed by atoms with van der Waals surface area (Å²) in [6.45, 7) is 7.48. The number of hydrogen-bond donors (Lipinski definition) is 1. The molecule has 2 aliphatic heterocycles. The fraction of sp³-hybridized carbons (Fsp3) is 1.00. The standard InChI is InChI=1S/C10H20N2OS/c1-9(11-10-7-14-8-10)6-12-2-4-13-5-3-12/h9-11H,2-8H2,1H3. The maximum Gasteiger partial charge on any atom is 0.0594 e. The molecule has 2 aliphatic rings. The van der Waals surface area contributed by atoms with Crippen molar-refractivity contribution in [2.45, 2.75) is 19.0 Å². The lowest BCUT2D eigenvalue weighted by atomic mass is 10.2. The van der Waals surface area contributed by atoms with Crippen molar-refractivity contribution in [3.05, 3.63) is 0 Å². The predicted molar refractivity (Wildman–Crippen MR) is 61.0 cm³/mol. The maximum atomic E-state index is 5.33. The van der Waals surface area contributed by atoms with Crippen molar-refractivity contribution >= 4 is 11.8 Å². The van der Waals surface area contributed by atoms with Gasteiger partial charge in [-0.05, 0) is 6.92 Å². The van der Waals surface area contributed by atoms with E-state index in [9.17, 15) is 0 Å². The summed E-state index contributed by atoms with van der Waals surface area (Å²) in [5.41, 5.74) is 0. The molecule has 0 amide bonds. The van der Waals surface area contributed by atoms with Crippen LogP contribution in [0, 0.1) is 0 Å². The van der Waals surface area contributed by atoms with Crippen molar-refractivity contribution in [1.82, 2.24) is 10.2 Å². The molecule has 0 aromatic rings. The van der Waals surface area contributed by atoms with Gasteiger partial charge in [0.05, 0.1) is 13.2 Å². The van der Waals surface area contributed by atoms with Crippen molar-refractivity contribution in [2.24, 2.45) is 0 Å². The Labute approximate surface area is 90.6 Å². The molecule has 2 heterocycles. The summed E-state index contributed by atoms with van der Waals surface area (Å²) in [7, 11) is 0. The lowest BCUT2D eigenvalue weighted by Crippen LogP contribution is -2.50. The summed E-state index contributed by atoms with van der Waals surface area (Å²) in [6, 6.07) is 1.40. The minimum atomic E-state index is 0.624. The number of morpholine rings is 1. The van der Waals surface area contributed by atoms with Gasteiger partial charge in [-0.2, -0.15) is 11.8 Å². The van der Waals surface area contributed by atoms with Crippen LogP contribution in [0.15, 0.2) is 0 Å². The van der Waals surface area contributed by atoms with Crippen LogP contribution in [0.25, 0.3) is 0 Å². The van der Waals surface area contributed by atoms with E-state index in [1.807, 2.05) is 11.8 Å². The van der Waals surface area contributed by atoms with Gasteiger partial charge in [-0.3, -0.25) is 4.90 Å². The third-order valence-corrected chi connectivity index (χ3v) is 4.07. The van der Waals surface area contributed by atoms with E-state index in [0.29, 0.717) is 6.04 Å². The second kappa shape index (κ2) is 5.35. The average molecular weight is 216 g/mol. The summed E-state index contributed by atoms with van der Waals surface area (Å²) >= 11 is 2.04. The largest absolute Gasteiger partial charge is 0.379 e. The van der Waals surface area contributed by atoms with Gasteiger partial charge < -0.3 is 10.1 Å². The lowest BCUT2D eigenvalue weighted by Gasteiger charge is -2.33. The van der Waals surface area contributed by atoms with Gasteiger partial charge in [0.2, 0.25) is 0 Å². The molecule has 1 N–H and O–H groups in total. The number of thioether (sulfide) groups is 1. The Balaban J connectivity index is 1.62. The Morgan fingerprint density at radius 1 is 1.43 bits per heavy atom. The van der Waals surface area contributed by atoms with E-state index >= 15 is 0 Å². The number of nitrogens with one attached hydrogen (secondary N) is 1. The number of hydrogen-bond acceptors (Lipinski definition) is 4. The van der Waals surface area contributed by atoms with E-state index < -0.39 is 0 Å². The van der Waals surface area contributed by atoms with Gasteiger partial charge in [-0.15, -0.1) is 0 Å². The second-order valence-corrected chi connectivity index (χ2v) is 5.29. The summed E-state index contributed by atoms with van der Waals surface area (Å²) in [4.78, 5) is 2.49. The zero-order valence-electron chi connectivity index (χ0n) is 8.87. The molecule has 0 saturated carbocycles. The highest BCUT2D eigenvalue weighted by atomic mass is 32.2. The molecule has 2 saturated heterocycles. The molecule has 82 valence electrons. The molecule has 1 atom stereocenters. The van der Waals surface area contributed by atoms with Gasteiger partial charge in [0.15, 0.2) is 0 Å². The first-order chi connectivity index (χ1) is 6.84. The first kappa shape index (κ1) is 10.7. The smallest absolute Gasteiger partial charge is 0.0594 e. The average Bonchev–Trinajstić information content (AvgIpc) is 2.13. The molecule has 0 radical (unpaired) electrons. The Hall–Kier alpha value is 0.230. The fourth-order valence-electron chi connectivity index (χ4n) is 1.96. The highest BCUT2D eigenvalue weighted by Crippen LogP contribution is 2.17. The molecular weight excluding hydrogens is 196 g/mol. The van der Waals surface area contributed by atoms with E-state index in [1.54, 1.807) is 0 Å². The zero-order valence-corrected chi connectivity index (χ0v) is 9.68. The summed E-state index contributed by atoms with van der Waals surface area (Å²) < 4.78 is 5.33. The molecule has 0 aromatic heterocycles. The minimum absolute atomic E-state index is 0.624. The Morgan fingerprint density at radius 3 is 2.71 bits per heavy atom. The van der Waals surface area contributed by atoms with Crippen molar-refractivity contribution in [2.75, 3.05) is 44.4 Å². The monoisotopic (exact) mass is 216 g/mol. The Kier molecular flexibility index (Phi) is 4.10.